The van der Waals surface area contributed by atoms with Crippen LogP contribution in [0.1, 0.15) is 105 Å². The van der Waals surface area contributed by atoms with Crippen molar-refractivity contribution in [1.82, 2.24) is 46.5 Å². The number of alkyl carbamates (subject to hydrolysis) is 1. The van der Waals surface area contributed by atoms with Crippen LogP contribution in [0.15, 0.2) is 49.1 Å². The predicted molar refractivity (Wildman–Crippen MR) is 232 cm³/mol. The second kappa shape index (κ2) is 22.3. The van der Waals surface area contributed by atoms with Gasteiger partial charge in [0.2, 0.25) is 23.6 Å². The van der Waals surface area contributed by atoms with Gasteiger partial charge in [0.1, 0.15) is 35.4 Å². The number of aryl methyl sites for hydroxylation is 1. The number of amides is 5. The van der Waals surface area contributed by atoms with Crippen LogP contribution in [0.2, 0.25) is 0 Å². The van der Waals surface area contributed by atoms with Gasteiger partial charge in [-0.25, -0.2) is 19.7 Å². The summed E-state index contributed by atoms with van der Waals surface area (Å²) in [6.45, 7) is 20.0. The zero-order chi connectivity index (χ0) is 45.7. The van der Waals surface area contributed by atoms with Crippen LogP contribution in [0.3, 0.4) is 0 Å². The van der Waals surface area contributed by atoms with E-state index < -0.39 is 76.9 Å². The number of ether oxygens (including phenoxy) is 1. The normalized spacial score (nSPS) is 15.3. The molecule has 0 saturated heterocycles. The van der Waals surface area contributed by atoms with Gasteiger partial charge in [-0.2, -0.15) is 0 Å². The molecule has 0 aliphatic rings. The molecule has 2 aromatic heterocycles. The van der Waals surface area contributed by atoms with E-state index in [0.29, 0.717) is 23.5 Å². The maximum absolute atomic E-state index is 14.3. The zero-order valence-electron chi connectivity index (χ0n) is 37.6. The van der Waals surface area contributed by atoms with E-state index in [4.69, 9.17) is 10.5 Å². The molecule has 2 heterocycles. The number of anilines is 1. The molecule has 9 N–H and O–H groups in total. The number of hydrogen-bond donors (Lipinski definition) is 8. The monoisotopic (exact) mass is 849 g/mol. The van der Waals surface area contributed by atoms with Crippen molar-refractivity contribution in [3.05, 3.63) is 71.7 Å². The Balaban J connectivity index is 1.83. The van der Waals surface area contributed by atoms with Crippen LogP contribution >= 0.6 is 0 Å². The van der Waals surface area contributed by atoms with Gasteiger partial charge in [0.05, 0.1) is 18.5 Å². The Morgan fingerprint density at radius 3 is 2.05 bits per heavy atom. The summed E-state index contributed by atoms with van der Waals surface area (Å²) in [5.74, 6) is -2.54. The number of rotatable bonds is 20. The summed E-state index contributed by atoms with van der Waals surface area (Å²) in [5.41, 5.74) is 6.35. The predicted octanol–water partition coefficient (Wildman–Crippen LogP) is 3.66. The number of carbonyl (C=O) groups excluding carboxylic acids is 5. The lowest BCUT2D eigenvalue weighted by atomic mass is 9.78. The third kappa shape index (κ3) is 16.1. The maximum atomic E-state index is 14.3. The van der Waals surface area contributed by atoms with Crippen molar-refractivity contribution in [2.24, 2.45) is 23.2 Å². The van der Waals surface area contributed by atoms with Gasteiger partial charge in [-0.1, -0.05) is 85.2 Å². The van der Waals surface area contributed by atoms with Crippen molar-refractivity contribution in [2.45, 2.75) is 144 Å². The van der Waals surface area contributed by atoms with Gasteiger partial charge < -0.3 is 47.1 Å². The summed E-state index contributed by atoms with van der Waals surface area (Å²) in [4.78, 5) is 84.2. The number of hydrogen-bond acceptors (Lipinski definition) is 11. The standard InChI is InChI=1S/C44H68N10O7/c1-12-26(4)35(41(59)48-22-29-21-47-27(5)50-37(29)45)53-38(56)31(25(2)3)20-34(55)36(43(6,7)8)54-40(58)33(19-30-23-46-24-49-30)51-39(57)32(18-28-16-14-13-15-17-28)52-42(60)61-44(9,10)11/h13-17,21,23-26,31-36,55H,12,18-20,22H2,1-11H3,(H,46,49)(H,48,59)(H,51,57)(H,52,60)(H,53,56)(H,54,58)(H2,45,47,50)/t26-,31-,32-,33-,34-,35-,36+/m0/s1. The first kappa shape index (κ1) is 49.8. The second-order valence-corrected chi connectivity index (χ2v) is 18.2. The number of aromatic nitrogens is 4. The number of aromatic amines is 1. The molecule has 1 aromatic carbocycles. The fraction of sp³-hybridized carbons (Fsp3) is 0.591. The van der Waals surface area contributed by atoms with Crippen LogP contribution in [-0.2, 0) is 43.3 Å². The molecule has 0 aliphatic carbocycles. The molecule has 3 rings (SSSR count). The van der Waals surface area contributed by atoms with Gasteiger partial charge in [0.25, 0.3) is 0 Å². The Bertz CT molecular complexity index is 1890. The molecule has 3 aromatic rings. The van der Waals surface area contributed by atoms with E-state index >= 15 is 0 Å². The number of aliphatic hydroxyl groups is 1. The average molecular weight is 849 g/mol. The Morgan fingerprint density at radius 2 is 1.49 bits per heavy atom. The maximum Gasteiger partial charge on any atom is 0.408 e. The van der Waals surface area contributed by atoms with Crippen molar-refractivity contribution in [3.63, 3.8) is 0 Å². The first-order valence-corrected chi connectivity index (χ1v) is 20.9. The first-order valence-electron chi connectivity index (χ1n) is 20.9. The topological polar surface area (TPSA) is 255 Å². The minimum absolute atomic E-state index is 0.00858. The van der Waals surface area contributed by atoms with Crippen LogP contribution in [0.25, 0.3) is 0 Å². The number of imidazole rings is 1. The lowest BCUT2D eigenvalue weighted by Crippen LogP contribution is -2.60. The largest absolute Gasteiger partial charge is 0.444 e. The summed E-state index contributed by atoms with van der Waals surface area (Å²) < 4.78 is 5.45. The molecule has 0 unspecified atom stereocenters. The van der Waals surface area contributed by atoms with Crippen LogP contribution in [-0.4, -0.2) is 90.6 Å². The molecule has 0 bridgehead atoms. The SMILES string of the molecule is CC[C@H](C)[C@H](NC(=O)[C@@H](C[C@H](O)[C@@H](NC(=O)[C@H](Cc1cnc[nH]1)NC(=O)[C@H](Cc1ccccc1)NC(=O)OC(C)(C)C)C(C)(C)C)C(C)C)C(=O)NCc1cnc(C)nc1N. The highest BCUT2D eigenvalue weighted by atomic mass is 16.6. The minimum atomic E-state index is -1.23. The van der Waals surface area contributed by atoms with Crippen molar-refractivity contribution < 1.29 is 33.8 Å². The fourth-order valence-electron chi connectivity index (χ4n) is 6.73. The van der Waals surface area contributed by atoms with Gasteiger partial charge in [0.15, 0.2) is 0 Å². The van der Waals surface area contributed by atoms with Crippen molar-refractivity contribution in [3.8, 4) is 0 Å². The molecule has 0 radical (unpaired) electrons. The van der Waals surface area contributed by atoms with E-state index in [9.17, 15) is 29.1 Å². The van der Waals surface area contributed by atoms with Crippen LogP contribution in [0.4, 0.5) is 10.6 Å². The van der Waals surface area contributed by atoms with Gasteiger partial charge in [-0.05, 0) is 56.9 Å². The van der Waals surface area contributed by atoms with Crippen LogP contribution in [0, 0.1) is 30.1 Å². The van der Waals surface area contributed by atoms with Gasteiger partial charge in [-0.3, -0.25) is 19.2 Å². The Morgan fingerprint density at radius 1 is 0.852 bits per heavy atom. The Kier molecular flexibility index (Phi) is 18.2. The van der Waals surface area contributed by atoms with E-state index in [-0.39, 0.29) is 43.5 Å². The second-order valence-electron chi connectivity index (χ2n) is 18.2. The number of nitrogen functional groups attached to an aromatic ring is 1. The number of aliphatic hydroxyl groups excluding tert-OH is 1. The van der Waals surface area contributed by atoms with E-state index in [1.807, 2.05) is 78.8 Å². The zero-order valence-corrected chi connectivity index (χ0v) is 37.6. The minimum Gasteiger partial charge on any atom is -0.444 e. The van der Waals surface area contributed by atoms with E-state index in [1.165, 1.54) is 12.5 Å². The van der Waals surface area contributed by atoms with Gasteiger partial charge in [0, 0.05) is 49.0 Å². The van der Waals surface area contributed by atoms with Crippen molar-refractivity contribution in [2.75, 3.05) is 5.73 Å². The molecule has 336 valence electrons. The first-order chi connectivity index (χ1) is 28.5. The van der Waals surface area contributed by atoms with Gasteiger partial charge >= 0.3 is 6.09 Å². The number of benzene rings is 1. The number of H-pyrrole nitrogens is 1. The highest BCUT2D eigenvalue weighted by Crippen LogP contribution is 2.28. The van der Waals surface area contributed by atoms with Crippen LogP contribution in [0.5, 0.6) is 0 Å². The lowest BCUT2D eigenvalue weighted by molar-refractivity contribution is -0.134. The average Bonchev–Trinajstić information content (AvgIpc) is 3.68. The molecule has 0 fully saturated rings. The molecular weight excluding hydrogens is 781 g/mol. The summed E-state index contributed by atoms with van der Waals surface area (Å²) >= 11 is 0. The van der Waals surface area contributed by atoms with Crippen molar-refractivity contribution in [1.29, 1.82) is 0 Å². The summed E-state index contributed by atoms with van der Waals surface area (Å²) in [6, 6.07) is 5.05. The van der Waals surface area contributed by atoms with E-state index in [1.54, 1.807) is 33.9 Å². The summed E-state index contributed by atoms with van der Waals surface area (Å²) in [7, 11) is 0. The lowest BCUT2D eigenvalue weighted by Gasteiger charge is -2.38. The quantitative estimate of drug-likeness (QED) is 0.0815. The van der Waals surface area contributed by atoms with Crippen molar-refractivity contribution >= 4 is 35.5 Å². The molecule has 17 heteroatoms. The fourth-order valence-corrected chi connectivity index (χ4v) is 6.73. The molecule has 5 amide bonds. The molecule has 0 spiro atoms. The number of carbonyl (C=O) groups is 5. The molecule has 7 atom stereocenters. The highest BCUT2D eigenvalue weighted by Gasteiger charge is 2.39. The third-order valence-electron chi connectivity index (χ3n) is 10.4. The third-order valence-corrected chi connectivity index (χ3v) is 10.4. The molecule has 0 saturated carbocycles. The number of nitrogens with two attached hydrogens (primary N) is 1. The highest BCUT2D eigenvalue weighted by molar-refractivity contribution is 5.92. The Hall–Kier alpha value is -5.58. The Labute approximate surface area is 360 Å². The summed E-state index contributed by atoms with van der Waals surface area (Å²) in [5, 5.41) is 26.2. The summed E-state index contributed by atoms with van der Waals surface area (Å²) in [6.07, 6.45) is 3.19. The molecule has 61 heavy (non-hydrogen) atoms. The van der Waals surface area contributed by atoms with Crippen LogP contribution < -0.4 is 32.3 Å². The molecule has 17 nitrogen and oxygen atoms in total. The number of nitrogens with zero attached hydrogens (tertiary/aromatic N) is 3. The smallest absolute Gasteiger partial charge is 0.408 e. The molecular formula is C44H68N10O7. The van der Waals surface area contributed by atoms with E-state index in [2.05, 4.69) is 46.5 Å². The molecule has 0 aliphatic heterocycles. The van der Waals surface area contributed by atoms with E-state index in [0.717, 1.165) is 5.56 Å². The van der Waals surface area contributed by atoms with Gasteiger partial charge in [-0.15, -0.1) is 0 Å². The number of nitrogens with one attached hydrogen (secondary N) is 6.